The van der Waals surface area contributed by atoms with Crippen molar-refractivity contribution in [2.24, 2.45) is 0 Å². The maximum absolute atomic E-state index is 2.56. The number of benzene rings is 1. The molecule has 0 bridgehead atoms. The van der Waals surface area contributed by atoms with E-state index in [0.29, 0.717) is 0 Å². The monoisotopic (exact) mass is 302 g/mol. The van der Waals surface area contributed by atoms with E-state index in [9.17, 15) is 0 Å². The molecule has 0 aromatic heterocycles. The predicted molar refractivity (Wildman–Crippen MR) is 98.2 cm³/mol. The Hall–Kier alpha value is -0.606. The van der Waals surface area contributed by atoms with E-state index in [1.54, 1.807) is 16.3 Å². The molecule has 0 saturated carbocycles. The third-order valence-electron chi connectivity index (χ3n) is 4.65. The van der Waals surface area contributed by atoms with Crippen LogP contribution in [0.15, 0.2) is 29.5 Å². The van der Waals surface area contributed by atoms with Crippen molar-refractivity contribution in [3.8, 4) is 0 Å². The molecule has 0 nitrogen and oxygen atoms in total. The Balaban J connectivity index is 2.62. The Morgan fingerprint density at radius 3 is 2.35 bits per heavy atom. The summed E-state index contributed by atoms with van der Waals surface area (Å²) in [6.45, 7) is 15.0. The SMILES string of the molecule is CCCCC1=C([Si](C)(C)C)C[Si](C)(C)c2ccccc21. The van der Waals surface area contributed by atoms with Gasteiger partial charge >= 0.3 is 0 Å². The average Bonchev–Trinajstić information content (AvgIpc) is 2.36. The molecule has 1 aromatic carbocycles. The van der Waals surface area contributed by atoms with Crippen molar-refractivity contribution in [3.05, 3.63) is 35.0 Å². The van der Waals surface area contributed by atoms with E-state index in [1.807, 2.05) is 5.20 Å². The molecular formula is C18H30Si2. The lowest BCUT2D eigenvalue weighted by Crippen LogP contribution is -2.49. The molecular weight excluding hydrogens is 272 g/mol. The van der Waals surface area contributed by atoms with E-state index in [1.165, 1.54) is 25.3 Å². The van der Waals surface area contributed by atoms with Crippen LogP contribution in [0.4, 0.5) is 0 Å². The van der Waals surface area contributed by atoms with E-state index in [4.69, 9.17) is 0 Å². The van der Waals surface area contributed by atoms with Crippen molar-refractivity contribution in [2.45, 2.75) is 65.0 Å². The van der Waals surface area contributed by atoms with Crippen LogP contribution in [0.5, 0.6) is 0 Å². The summed E-state index contributed by atoms with van der Waals surface area (Å²) >= 11 is 0. The second-order valence-electron chi connectivity index (χ2n) is 7.92. The van der Waals surface area contributed by atoms with Crippen LogP contribution in [0.25, 0.3) is 5.57 Å². The van der Waals surface area contributed by atoms with Gasteiger partial charge in [0.05, 0.1) is 16.1 Å². The predicted octanol–water partition coefficient (Wildman–Crippen LogP) is 5.44. The van der Waals surface area contributed by atoms with Crippen LogP contribution in [0.1, 0.15) is 31.7 Å². The first-order valence-corrected chi connectivity index (χ1v) is 14.8. The molecule has 2 rings (SSSR count). The quantitative estimate of drug-likeness (QED) is 0.650. The van der Waals surface area contributed by atoms with E-state index in [0.717, 1.165) is 0 Å². The summed E-state index contributed by atoms with van der Waals surface area (Å²) in [6, 6.07) is 10.7. The third kappa shape index (κ3) is 3.01. The first-order valence-electron chi connectivity index (χ1n) is 8.10. The van der Waals surface area contributed by atoms with Crippen molar-refractivity contribution in [3.63, 3.8) is 0 Å². The number of unbranched alkanes of at least 4 members (excludes halogenated alkanes) is 1. The number of hydrogen-bond donors (Lipinski definition) is 0. The number of allylic oxidation sites excluding steroid dienone is 2. The lowest BCUT2D eigenvalue weighted by Gasteiger charge is -2.39. The van der Waals surface area contributed by atoms with E-state index < -0.39 is 16.1 Å². The van der Waals surface area contributed by atoms with E-state index in [-0.39, 0.29) is 0 Å². The second kappa shape index (κ2) is 5.65. The molecule has 20 heavy (non-hydrogen) atoms. The summed E-state index contributed by atoms with van der Waals surface area (Å²) < 4.78 is 0. The molecule has 1 aromatic rings. The molecule has 1 aliphatic rings. The number of hydrogen-bond acceptors (Lipinski definition) is 0. The lowest BCUT2D eigenvalue weighted by atomic mass is 9.99. The van der Waals surface area contributed by atoms with Crippen LogP contribution in [-0.2, 0) is 0 Å². The molecule has 2 heteroatoms. The average molecular weight is 303 g/mol. The molecule has 0 amide bonds. The van der Waals surface area contributed by atoms with Gasteiger partial charge in [0.2, 0.25) is 0 Å². The normalized spacial score (nSPS) is 18.1. The standard InChI is InChI=1S/C18H30Si2/c1-7-8-11-16-15-12-9-10-13-17(15)20(5,6)14-18(16)19(2,3)4/h9-10,12-13H,7-8,11,14H2,1-6H3. The molecule has 0 spiro atoms. The van der Waals surface area contributed by atoms with Crippen LogP contribution < -0.4 is 5.19 Å². The van der Waals surface area contributed by atoms with Gasteiger partial charge in [-0.2, -0.15) is 0 Å². The Morgan fingerprint density at radius 2 is 1.75 bits per heavy atom. The van der Waals surface area contributed by atoms with Gasteiger partial charge in [-0.25, -0.2) is 0 Å². The van der Waals surface area contributed by atoms with Crippen molar-refractivity contribution < 1.29 is 0 Å². The van der Waals surface area contributed by atoms with Gasteiger partial charge < -0.3 is 0 Å². The number of rotatable bonds is 4. The Morgan fingerprint density at radius 1 is 1.10 bits per heavy atom. The van der Waals surface area contributed by atoms with Crippen LogP contribution >= 0.6 is 0 Å². The maximum Gasteiger partial charge on any atom is 0.0850 e. The Bertz CT molecular complexity index is 518. The van der Waals surface area contributed by atoms with E-state index >= 15 is 0 Å². The minimum Gasteiger partial charge on any atom is -0.0796 e. The summed E-state index contributed by atoms with van der Waals surface area (Å²) in [5.41, 5.74) is 3.34. The third-order valence-corrected chi connectivity index (χ3v) is 10.4. The zero-order valence-corrected chi connectivity index (χ0v) is 16.1. The van der Waals surface area contributed by atoms with E-state index in [2.05, 4.69) is 63.9 Å². The van der Waals surface area contributed by atoms with Gasteiger partial charge in [-0.15, -0.1) is 0 Å². The summed E-state index contributed by atoms with van der Waals surface area (Å²) in [4.78, 5) is 0. The molecule has 1 aliphatic heterocycles. The van der Waals surface area contributed by atoms with Crippen molar-refractivity contribution in [1.82, 2.24) is 0 Å². The van der Waals surface area contributed by atoms with Gasteiger partial charge in [0, 0.05) is 0 Å². The van der Waals surface area contributed by atoms with Crippen LogP contribution in [0.3, 0.4) is 0 Å². The molecule has 0 radical (unpaired) electrons. The summed E-state index contributed by atoms with van der Waals surface area (Å²) in [5, 5.41) is 3.58. The minimum absolute atomic E-state index is 1.21. The van der Waals surface area contributed by atoms with Gasteiger partial charge in [0.25, 0.3) is 0 Å². The highest BCUT2D eigenvalue weighted by Gasteiger charge is 2.37. The minimum atomic E-state index is -1.29. The van der Waals surface area contributed by atoms with Crippen LogP contribution in [0.2, 0.25) is 38.8 Å². The van der Waals surface area contributed by atoms with Gasteiger partial charge in [-0.3, -0.25) is 0 Å². The summed E-state index contributed by atoms with van der Waals surface area (Å²) in [6.07, 6.45) is 3.92. The van der Waals surface area contributed by atoms with Crippen molar-refractivity contribution >= 4 is 26.9 Å². The molecule has 0 fully saturated rings. The first kappa shape index (κ1) is 15.8. The lowest BCUT2D eigenvalue weighted by molar-refractivity contribution is 0.822. The number of fused-ring (bicyclic) bond motifs is 1. The molecule has 1 heterocycles. The first-order chi connectivity index (χ1) is 9.27. The van der Waals surface area contributed by atoms with Gasteiger partial charge in [-0.1, -0.05) is 80.7 Å². The highest BCUT2D eigenvalue weighted by atomic mass is 28.3. The van der Waals surface area contributed by atoms with Crippen LogP contribution in [0, 0.1) is 0 Å². The molecule has 0 unspecified atom stereocenters. The van der Waals surface area contributed by atoms with Crippen LogP contribution in [-0.4, -0.2) is 16.1 Å². The topological polar surface area (TPSA) is 0 Å². The van der Waals surface area contributed by atoms with Gasteiger partial charge in [-0.05, 0) is 30.0 Å². The maximum atomic E-state index is 2.56. The fourth-order valence-corrected chi connectivity index (χ4v) is 10.9. The highest BCUT2D eigenvalue weighted by Crippen LogP contribution is 2.39. The highest BCUT2D eigenvalue weighted by molar-refractivity contribution is 6.95. The molecule has 0 saturated heterocycles. The molecule has 110 valence electrons. The summed E-state index contributed by atoms with van der Waals surface area (Å²) in [5.74, 6) is 0. The van der Waals surface area contributed by atoms with Crippen molar-refractivity contribution in [2.75, 3.05) is 0 Å². The molecule has 0 atom stereocenters. The van der Waals surface area contributed by atoms with Gasteiger partial charge in [0.1, 0.15) is 0 Å². The zero-order chi connectivity index (χ0) is 15.0. The second-order valence-corrected chi connectivity index (χ2v) is 17.7. The smallest absolute Gasteiger partial charge is 0.0796 e. The molecule has 0 aliphatic carbocycles. The molecule has 0 N–H and O–H groups in total. The van der Waals surface area contributed by atoms with Crippen molar-refractivity contribution in [1.29, 1.82) is 0 Å². The van der Waals surface area contributed by atoms with Gasteiger partial charge in [0.15, 0.2) is 0 Å². The Labute approximate surface area is 127 Å². The fourth-order valence-electron chi connectivity index (χ4n) is 3.50. The summed E-state index contributed by atoms with van der Waals surface area (Å²) in [7, 11) is -2.50. The largest absolute Gasteiger partial charge is 0.0850 e. The Kier molecular flexibility index (Phi) is 4.45. The zero-order valence-electron chi connectivity index (χ0n) is 14.1. The fraction of sp³-hybridized carbons (Fsp3) is 0.556.